The van der Waals surface area contributed by atoms with Crippen LogP contribution in [0.2, 0.25) is 0 Å². The Kier molecular flexibility index (Phi) is 7.51. The lowest BCUT2D eigenvalue weighted by atomic mass is 9.69. The molecule has 1 aromatic rings. The van der Waals surface area contributed by atoms with Crippen LogP contribution in [0.15, 0.2) is 40.7 Å². The number of carbonyl (C=O) groups is 3. The number of methoxy groups -OCH3 is 2. The summed E-state index contributed by atoms with van der Waals surface area (Å²) in [6.45, 7) is 5.25. The highest BCUT2D eigenvalue weighted by Crippen LogP contribution is 2.46. The van der Waals surface area contributed by atoms with Gasteiger partial charge in [-0.3, -0.25) is 19.7 Å². The number of ketones is 1. The summed E-state index contributed by atoms with van der Waals surface area (Å²) < 4.78 is 15.2. The van der Waals surface area contributed by atoms with E-state index in [9.17, 15) is 24.5 Å². The molecule has 0 saturated heterocycles. The average molecular weight is 472 g/mol. The highest BCUT2D eigenvalue weighted by Gasteiger charge is 2.47. The SMILES string of the molecule is COCCOC(=O)C1=C(C)NC2=C(C(=O)C(C(=O)OC)C(C)C2)C1c1ccc(C)c([N+](=O)[O-])c1. The number of carbonyl (C=O) groups excluding carboxylic acids is 3. The minimum Gasteiger partial charge on any atom is -0.468 e. The van der Waals surface area contributed by atoms with Crippen molar-refractivity contribution in [2.75, 3.05) is 27.4 Å². The van der Waals surface area contributed by atoms with Crippen LogP contribution in [0.4, 0.5) is 5.69 Å². The van der Waals surface area contributed by atoms with E-state index in [1.54, 1.807) is 32.9 Å². The first kappa shape index (κ1) is 25.1. The lowest BCUT2D eigenvalue weighted by Gasteiger charge is -2.38. The van der Waals surface area contributed by atoms with Crippen LogP contribution in [0.3, 0.4) is 0 Å². The number of allylic oxidation sites excluding steroid dienone is 3. The number of esters is 2. The van der Waals surface area contributed by atoms with E-state index >= 15 is 0 Å². The summed E-state index contributed by atoms with van der Waals surface area (Å²) in [5.74, 6) is -4.13. The van der Waals surface area contributed by atoms with Crippen LogP contribution >= 0.6 is 0 Å². The second-order valence-electron chi connectivity index (χ2n) is 8.47. The number of nitrogens with one attached hydrogen (secondary N) is 1. The van der Waals surface area contributed by atoms with Crippen molar-refractivity contribution >= 4 is 23.4 Å². The third-order valence-corrected chi connectivity index (χ3v) is 6.25. The summed E-state index contributed by atoms with van der Waals surface area (Å²) in [6, 6.07) is 4.59. The fraction of sp³-hybridized carbons (Fsp3) is 0.458. The molecule has 10 nitrogen and oxygen atoms in total. The van der Waals surface area contributed by atoms with Crippen LogP contribution < -0.4 is 5.32 Å². The van der Waals surface area contributed by atoms with Crippen molar-refractivity contribution in [2.24, 2.45) is 11.8 Å². The number of nitrogens with zero attached hydrogens (tertiary/aromatic N) is 1. The smallest absolute Gasteiger partial charge is 0.336 e. The minimum atomic E-state index is -1.04. The Morgan fingerprint density at radius 3 is 2.53 bits per heavy atom. The molecule has 1 aromatic carbocycles. The van der Waals surface area contributed by atoms with Crippen molar-refractivity contribution in [3.63, 3.8) is 0 Å². The second kappa shape index (κ2) is 10.2. The quantitative estimate of drug-likeness (QED) is 0.209. The van der Waals surface area contributed by atoms with Gasteiger partial charge < -0.3 is 19.5 Å². The molecule has 3 unspecified atom stereocenters. The molecule has 182 valence electrons. The van der Waals surface area contributed by atoms with Crippen molar-refractivity contribution in [3.05, 3.63) is 62.0 Å². The Morgan fingerprint density at radius 1 is 1.21 bits per heavy atom. The van der Waals surface area contributed by atoms with Gasteiger partial charge in [-0.25, -0.2) is 4.79 Å². The molecule has 10 heteroatoms. The van der Waals surface area contributed by atoms with Crippen molar-refractivity contribution in [3.8, 4) is 0 Å². The van der Waals surface area contributed by atoms with Crippen molar-refractivity contribution in [1.29, 1.82) is 0 Å². The third-order valence-electron chi connectivity index (χ3n) is 6.25. The number of Topliss-reactive ketones (excluding diaryl/α,β-unsaturated/α-hetero) is 1. The molecule has 0 spiro atoms. The van der Waals surface area contributed by atoms with Gasteiger partial charge in [-0.1, -0.05) is 19.1 Å². The molecule has 0 aromatic heterocycles. The Morgan fingerprint density at radius 2 is 1.91 bits per heavy atom. The maximum atomic E-state index is 13.6. The van der Waals surface area contributed by atoms with E-state index in [2.05, 4.69) is 5.32 Å². The highest BCUT2D eigenvalue weighted by molar-refractivity contribution is 6.12. The van der Waals surface area contributed by atoms with Gasteiger partial charge in [0.05, 0.1) is 24.2 Å². The number of hydrogen-bond acceptors (Lipinski definition) is 9. The van der Waals surface area contributed by atoms with E-state index in [1.165, 1.54) is 20.3 Å². The van der Waals surface area contributed by atoms with Crippen LogP contribution in [0.1, 0.15) is 37.3 Å². The summed E-state index contributed by atoms with van der Waals surface area (Å²) in [4.78, 5) is 50.3. The van der Waals surface area contributed by atoms with Crippen molar-refractivity contribution in [2.45, 2.75) is 33.1 Å². The Labute approximate surface area is 197 Å². The summed E-state index contributed by atoms with van der Waals surface area (Å²) in [6.07, 6.45) is 0.370. The minimum absolute atomic E-state index is 0.00541. The number of benzene rings is 1. The summed E-state index contributed by atoms with van der Waals surface area (Å²) in [7, 11) is 2.69. The molecular formula is C24H28N2O8. The zero-order valence-electron chi connectivity index (χ0n) is 19.8. The number of rotatable bonds is 7. The molecule has 1 heterocycles. The maximum absolute atomic E-state index is 13.6. The third kappa shape index (κ3) is 4.58. The van der Waals surface area contributed by atoms with Crippen LogP contribution in [-0.2, 0) is 28.6 Å². The monoisotopic (exact) mass is 472 g/mol. The zero-order chi connectivity index (χ0) is 25.2. The molecule has 1 aliphatic heterocycles. The first-order valence-corrected chi connectivity index (χ1v) is 10.9. The van der Waals surface area contributed by atoms with Gasteiger partial charge in [0.1, 0.15) is 12.5 Å². The maximum Gasteiger partial charge on any atom is 0.336 e. The summed E-state index contributed by atoms with van der Waals surface area (Å²) in [5.41, 5.74) is 2.12. The first-order chi connectivity index (χ1) is 16.1. The summed E-state index contributed by atoms with van der Waals surface area (Å²) >= 11 is 0. The lowest BCUT2D eigenvalue weighted by Crippen LogP contribution is -2.43. The molecule has 0 amide bonds. The Hall–Kier alpha value is -3.53. The van der Waals surface area contributed by atoms with E-state index in [4.69, 9.17) is 14.2 Å². The number of nitro groups is 1. The van der Waals surface area contributed by atoms with Crippen molar-refractivity contribution in [1.82, 2.24) is 5.32 Å². The standard InChI is InChI=1S/C24H28N2O8/c1-12-6-7-15(11-17(12)26(30)31)20-19(24(29)34-9-8-32-4)14(3)25-16-10-13(2)18(23(28)33-5)22(27)21(16)20/h6-7,11,13,18,20,25H,8-10H2,1-5H3. The number of hydrogen-bond donors (Lipinski definition) is 1. The molecular weight excluding hydrogens is 444 g/mol. The van der Waals surface area contributed by atoms with Crippen LogP contribution in [0.25, 0.3) is 0 Å². The van der Waals surface area contributed by atoms with E-state index in [0.29, 0.717) is 28.9 Å². The fourth-order valence-corrected chi connectivity index (χ4v) is 4.58. The van der Waals surface area contributed by atoms with E-state index in [0.717, 1.165) is 0 Å². The molecule has 0 radical (unpaired) electrons. The topological polar surface area (TPSA) is 134 Å². The lowest BCUT2D eigenvalue weighted by molar-refractivity contribution is -0.385. The molecule has 2 aliphatic rings. The molecule has 0 fully saturated rings. The first-order valence-electron chi connectivity index (χ1n) is 10.9. The molecule has 0 bridgehead atoms. The van der Waals surface area contributed by atoms with Gasteiger partial charge in [0.15, 0.2) is 5.78 Å². The average Bonchev–Trinajstić information content (AvgIpc) is 2.78. The molecule has 1 N–H and O–H groups in total. The fourth-order valence-electron chi connectivity index (χ4n) is 4.58. The largest absolute Gasteiger partial charge is 0.468 e. The predicted octanol–water partition coefficient (Wildman–Crippen LogP) is 2.71. The highest BCUT2D eigenvalue weighted by atomic mass is 16.6. The number of aryl methyl sites for hydroxylation is 1. The number of dihydropyridines is 1. The van der Waals surface area contributed by atoms with E-state index in [1.807, 2.05) is 0 Å². The van der Waals surface area contributed by atoms with E-state index < -0.39 is 34.5 Å². The van der Waals surface area contributed by atoms with Crippen LogP contribution in [0.5, 0.6) is 0 Å². The molecule has 0 saturated carbocycles. The predicted molar refractivity (Wildman–Crippen MR) is 121 cm³/mol. The normalized spacial score (nSPS) is 22.1. The summed E-state index contributed by atoms with van der Waals surface area (Å²) in [5, 5.41) is 14.8. The number of ether oxygens (including phenoxy) is 3. The molecule has 1 aliphatic carbocycles. The molecule has 3 rings (SSSR count). The van der Waals surface area contributed by atoms with E-state index in [-0.39, 0.29) is 36.0 Å². The van der Waals surface area contributed by atoms with Gasteiger partial charge in [0.25, 0.3) is 5.69 Å². The van der Waals surface area contributed by atoms with Gasteiger partial charge in [0, 0.05) is 41.6 Å². The Bertz CT molecular complexity index is 1100. The zero-order valence-corrected chi connectivity index (χ0v) is 19.8. The number of nitro benzene ring substituents is 1. The second-order valence-corrected chi connectivity index (χ2v) is 8.47. The van der Waals surface area contributed by atoms with Crippen molar-refractivity contribution < 1.29 is 33.5 Å². The Balaban J connectivity index is 2.19. The van der Waals surface area contributed by atoms with Crippen LogP contribution in [0, 0.1) is 28.9 Å². The van der Waals surface area contributed by atoms with Crippen LogP contribution in [-0.4, -0.2) is 50.1 Å². The van der Waals surface area contributed by atoms with Gasteiger partial charge in [-0.15, -0.1) is 0 Å². The molecule has 34 heavy (non-hydrogen) atoms. The van der Waals surface area contributed by atoms with Gasteiger partial charge in [0.2, 0.25) is 0 Å². The molecule has 3 atom stereocenters. The van der Waals surface area contributed by atoms with Gasteiger partial charge >= 0.3 is 11.9 Å². The van der Waals surface area contributed by atoms with Gasteiger partial charge in [-0.2, -0.15) is 0 Å². The van der Waals surface area contributed by atoms with Gasteiger partial charge in [-0.05, 0) is 31.7 Å².